The van der Waals surface area contributed by atoms with Crippen LogP contribution < -0.4 is 0 Å². The first-order valence-corrected chi connectivity index (χ1v) is 10.1. The van der Waals surface area contributed by atoms with Crippen LogP contribution in [0.3, 0.4) is 0 Å². The number of hydrogen-bond donors (Lipinski definition) is 0. The molecule has 4 heteroatoms. The molecule has 1 heterocycles. The second-order valence-electron chi connectivity index (χ2n) is 7.82. The van der Waals surface area contributed by atoms with Gasteiger partial charge in [-0.25, -0.2) is 8.78 Å². The van der Waals surface area contributed by atoms with E-state index >= 15 is 0 Å². The van der Waals surface area contributed by atoms with Gasteiger partial charge in [-0.05, 0) is 62.9 Å². The molecule has 2 aromatic carbocycles. The van der Waals surface area contributed by atoms with Gasteiger partial charge in [-0.1, -0.05) is 42.0 Å². The molecule has 2 aliphatic rings. The Hall–Kier alpha value is -2.33. The van der Waals surface area contributed by atoms with Crippen molar-refractivity contribution in [1.82, 2.24) is 4.90 Å². The number of Topliss-reactive ketones (excluding diaryl/α,β-unsaturated/α-hetero) is 1. The van der Waals surface area contributed by atoms with E-state index in [0.29, 0.717) is 18.9 Å². The van der Waals surface area contributed by atoms with Gasteiger partial charge in [-0.3, -0.25) is 9.69 Å². The Labute approximate surface area is 164 Å². The highest BCUT2D eigenvalue weighted by atomic mass is 19.1. The maximum absolute atomic E-state index is 14.0. The van der Waals surface area contributed by atoms with E-state index in [-0.39, 0.29) is 17.3 Å². The molecular weight excluding hydrogens is 356 g/mol. The molecule has 1 unspecified atom stereocenters. The van der Waals surface area contributed by atoms with Gasteiger partial charge in [0.05, 0.1) is 5.56 Å². The van der Waals surface area contributed by atoms with E-state index in [9.17, 15) is 13.6 Å². The predicted molar refractivity (Wildman–Crippen MR) is 106 cm³/mol. The van der Waals surface area contributed by atoms with Crippen LogP contribution in [0.15, 0.2) is 60.2 Å². The quantitative estimate of drug-likeness (QED) is 0.507. The first-order chi connectivity index (χ1) is 13.6. The molecule has 1 aliphatic heterocycles. The third-order valence-corrected chi connectivity index (χ3v) is 6.08. The Morgan fingerprint density at radius 2 is 1.79 bits per heavy atom. The summed E-state index contributed by atoms with van der Waals surface area (Å²) in [5.74, 6) is -1.79. The summed E-state index contributed by atoms with van der Waals surface area (Å²) in [6.45, 7) is 1.65. The monoisotopic (exact) mass is 381 g/mol. The minimum atomic E-state index is -0.756. The Balaban J connectivity index is 1.42. The van der Waals surface area contributed by atoms with Gasteiger partial charge in [0, 0.05) is 18.0 Å². The Morgan fingerprint density at radius 3 is 2.39 bits per heavy atom. The average Bonchev–Trinajstić information content (AvgIpc) is 2.67. The maximum atomic E-state index is 14.0. The van der Waals surface area contributed by atoms with Gasteiger partial charge in [-0.2, -0.15) is 0 Å². The van der Waals surface area contributed by atoms with Crippen molar-refractivity contribution in [2.24, 2.45) is 5.92 Å². The van der Waals surface area contributed by atoms with Crippen LogP contribution in [0.5, 0.6) is 0 Å². The van der Waals surface area contributed by atoms with Gasteiger partial charge in [0.15, 0.2) is 5.78 Å². The summed E-state index contributed by atoms with van der Waals surface area (Å²) in [4.78, 5) is 15.2. The molecule has 0 saturated carbocycles. The fraction of sp³-hybridized carbons (Fsp3) is 0.375. The molecule has 1 aliphatic carbocycles. The number of ketones is 1. The SMILES string of the molecule is O=C(c1ccc(F)cc1F)C1CCN(C(Cc2ccccc2)C2=CCC2)CC1. The lowest BCUT2D eigenvalue weighted by Crippen LogP contribution is -2.45. The summed E-state index contributed by atoms with van der Waals surface area (Å²) >= 11 is 0. The van der Waals surface area contributed by atoms with Gasteiger partial charge >= 0.3 is 0 Å². The molecule has 146 valence electrons. The zero-order valence-electron chi connectivity index (χ0n) is 15.9. The third kappa shape index (κ3) is 4.07. The molecule has 0 amide bonds. The third-order valence-electron chi connectivity index (χ3n) is 6.08. The second-order valence-corrected chi connectivity index (χ2v) is 7.82. The molecule has 1 atom stereocenters. The summed E-state index contributed by atoms with van der Waals surface area (Å²) in [6.07, 6.45) is 7.05. The topological polar surface area (TPSA) is 20.3 Å². The van der Waals surface area contributed by atoms with Gasteiger partial charge in [0.1, 0.15) is 11.6 Å². The molecule has 0 aromatic heterocycles. The summed E-state index contributed by atoms with van der Waals surface area (Å²) in [6, 6.07) is 14.1. The second kappa shape index (κ2) is 8.36. The van der Waals surface area contributed by atoms with E-state index in [1.54, 1.807) is 0 Å². The minimum Gasteiger partial charge on any atom is -0.296 e. The summed E-state index contributed by atoms with van der Waals surface area (Å²) < 4.78 is 27.1. The largest absolute Gasteiger partial charge is 0.296 e. The standard InChI is InChI=1S/C24H25F2NO/c25-20-9-10-21(22(26)16-20)24(28)19-11-13-27(14-12-19)23(18-7-4-8-18)15-17-5-2-1-3-6-17/h1-3,5-7,9-10,16,19,23H,4,8,11-15H2. The Kier molecular flexibility index (Phi) is 5.67. The van der Waals surface area contributed by atoms with Crippen LogP contribution in [0.25, 0.3) is 0 Å². The number of nitrogens with zero attached hydrogens (tertiary/aromatic N) is 1. The van der Waals surface area contributed by atoms with Crippen LogP contribution >= 0.6 is 0 Å². The first kappa shape index (κ1) is 19.0. The highest BCUT2D eigenvalue weighted by Gasteiger charge is 2.32. The van der Waals surface area contributed by atoms with Crippen molar-refractivity contribution in [3.05, 3.63) is 82.9 Å². The lowest BCUT2D eigenvalue weighted by molar-refractivity contribution is 0.0803. The van der Waals surface area contributed by atoms with Crippen molar-refractivity contribution in [1.29, 1.82) is 0 Å². The fourth-order valence-electron chi connectivity index (χ4n) is 4.33. The summed E-state index contributed by atoms with van der Waals surface area (Å²) in [7, 11) is 0. The fourth-order valence-corrected chi connectivity index (χ4v) is 4.33. The highest BCUT2D eigenvalue weighted by Crippen LogP contribution is 2.31. The number of benzene rings is 2. The van der Waals surface area contributed by atoms with Crippen molar-refractivity contribution in [3.63, 3.8) is 0 Å². The maximum Gasteiger partial charge on any atom is 0.168 e. The molecule has 1 fully saturated rings. The number of rotatable bonds is 6. The van der Waals surface area contributed by atoms with Crippen molar-refractivity contribution >= 4 is 5.78 Å². The van der Waals surface area contributed by atoms with Crippen LogP contribution in [0.2, 0.25) is 0 Å². The van der Waals surface area contributed by atoms with Crippen LogP contribution in [0.1, 0.15) is 41.6 Å². The molecule has 0 spiro atoms. The van der Waals surface area contributed by atoms with Crippen LogP contribution in [0, 0.1) is 17.6 Å². The molecule has 0 bridgehead atoms. The number of carbonyl (C=O) groups excluding carboxylic acids is 1. The molecular formula is C24H25F2NO. The first-order valence-electron chi connectivity index (χ1n) is 10.1. The van der Waals surface area contributed by atoms with Crippen molar-refractivity contribution in [3.8, 4) is 0 Å². The normalized spacial score (nSPS) is 19.0. The lowest BCUT2D eigenvalue weighted by atomic mass is 9.84. The van der Waals surface area contributed by atoms with E-state index < -0.39 is 11.6 Å². The van der Waals surface area contributed by atoms with Crippen LogP contribution in [0.4, 0.5) is 8.78 Å². The van der Waals surface area contributed by atoms with E-state index in [0.717, 1.165) is 44.5 Å². The van der Waals surface area contributed by atoms with Crippen LogP contribution in [-0.4, -0.2) is 29.8 Å². The van der Waals surface area contributed by atoms with Gasteiger partial charge in [0.25, 0.3) is 0 Å². The minimum absolute atomic E-state index is 0.0161. The Morgan fingerprint density at radius 1 is 1.07 bits per heavy atom. The molecule has 2 nitrogen and oxygen atoms in total. The number of halogens is 2. The molecule has 0 N–H and O–H groups in total. The van der Waals surface area contributed by atoms with Crippen molar-refractivity contribution in [2.45, 2.75) is 38.1 Å². The van der Waals surface area contributed by atoms with E-state index in [2.05, 4.69) is 35.2 Å². The molecule has 0 radical (unpaired) electrons. The van der Waals surface area contributed by atoms with Crippen molar-refractivity contribution < 1.29 is 13.6 Å². The predicted octanol–water partition coefficient (Wildman–Crippen LogP) is 5.19. The summed E-state index contributed by atoms with van der Waals surface area (Å²) in [5, 5.41) is 0. The number of allylic oxidation sites excluding steroid dienone is 1. The lowest BCUT2D eigenvalue weighted by Gasteiger charge is -2.40. The smallest absolute Gasteiger partial charge is 0.168 e. The van der Waals surface area contributed by atoms with E-state index in [1.165, 1.54) is 17.2 Å². The number of likely N-dealkylation sites (tertiary alicyclic amines) is 1. The Bertz CT molecular complexity index is 869. The van der Waals surface area contributed by atoms with Crippen molar-refractivity contribution in [2.75, 3.05) is 13.1 Å². The zero-order chi connectivity index (χ0) is 19.5. The number of carbonyl (C=O) groups is 1. The van der Waals surface area contributed by atoms with E-state index in [4.69, 9.17) is 0 Å². The molecule has 4 rings (SSSR count). The highest BCUT2D eigenvalue weighted by molar-refractivity contribution is 5.98. The van der Waals surface area contributed by atoms with Crippen LogP contribution in [-0.2, 0) is 6.42 Å². The van der Waals surface area contributed by atoms with Gasteiger partial charge in [-0.15, -0.1) is 0 Å². The van der Waals surface area contributed by atoms with Gasteiger partial charge < -0.3 is 0 Å². The van der Waals surface area contributed by atoms with Gasteiger partial charge in [0.2, 0.25) is 0 Å². The molecule has 1 saturated heterocycles. The molecule has 28 heavy (non-hydrogen) atoms. The molecule has 2 aromatic rings. The number of piperidine rings is 1. The van der Waals surface area contributed by atoms with E-state index in [1.807, 2.05) is 6.07 Å². The average molecular weight is 381 g/mol. The number of hydrogen-bond acceptors (Lipinski definition) is 2. The zero-order valence-corrected chi connectivity index (χ0v) is 15.9. The summed E-state index contributed by atoms with van der Waals surface area (Å²) in [5.41, 5.74) is 2.84.